The Morgan fingerprint density at radius 3 is 1.83 bits per heavy atom. The molecule has 1 spiro atoms. The highest BCUT2D eigenvalue weighted by Gasteiger charge is 2.53. The first-order valence-corrected chi connectivity index (χ1v) is 37.7. The topological polar surface area (TPSA) is 279 Å². The zero-order chi connectivity index (χ0) is 74.7. The molecule has 29 heteroatoms. The average Bonchev–Trinajstić information content (AvgIpc) is 1.52. The number of carbonyl (C=O) groups excluding carboxylic acids is 12. The van der Waals surface area contributed by atoms with Gasteiger partial charge < -0.3 is 64.8 Å². The smallest absolute Gasteiger partial charge is 0.378 e. The number of morpholine rings is 1. The van der Waals surface area contributed by atoms with Crippen LogP contribution in [0.1, 0.15) is 190 Å². The van der Waals surface area contributed by atoms with E-state index in [0.717, 1.165) is 32.1 Å². The quantitative estimate of drug-likeness (QED) is 0.209. The molecule has 0 bridgehead atoms. The minimum Gasteiger partial charge on any atom is -0.378 e. The molecule has 4 aliphatic heterocycles. The van der Waals surface area contributed by atoms with E-state index in [4.69, 9.17) is 16.3 Å². The highest BCUT2D eigenvalue weighted by Crippen LogP contribution is 2.44. The summed E-state index contributed by atoms with van der Waals surface area (Å²) in [6.07, 6.45) is 2.55. The fourth-order valence-electron chi connectivity index (χ4n) is 16.3. The molecule has 25 nitrogen and oxygen atoms in total. The van der Waals surface area contributed by atoms with Crippen LogP contribution in [0.3, 0.4) is 0 Å². The maximum Gasteiger partial charge on any atom is 0.393 e. The molecule has 3 saturated carbocycles. The van der Waals surface area contributed by atoms with Gasteiger partial charge in [0, 0.05) is 73.8 Å². The van der Waals surface area contributed by atoms with E-state index in [2.05, 4.69) is 16.0 Å². The molecule has 12 amide bonds. The first-order chi connectivity index (χ1) is 47.6. The lowest BCUT2D eigenvalue weighted by molar-refractivity contribution is -0.182. The maximum atomic E-state index is 15.6. The van der Waals surface area contributed by atoms with Crippen LogP contribution in [0.2, 0.25) is 0 Å². The Hall–Kier alpha value is -6.32. The number of alkyl halides is 4. The SMILES string of the molecule is CC[C@H](C)[C@@H]1NC(=O)[C@H](CC(C)C)N(C)C(=O)C[C@@H](C(=O)N2CCOCC2)N(C)C(=O)[C@H]([C@@H](C)CC)N(C)C(=O)C2(CCCC2)NC(=O)[C@@H]2CCCN2C(=O)[C@H](CCC2CCC(C(F)(F)F)C(Cl)C2)NC(=O)CN(C)C(=O)[C@H](CC2CCCCC2)N(C)C(=O)[C@@H]2CCN2C(=O)[C@H](C)N(C)C1=O. The molecular weight excluding hydrogens is 1330 g/mol. The molecule has 7 aliphatic rings. The number of halogens is 4. The van der Waals surface area contributed by atoms with Gasteiger partial charge in [0.25, 0.3) is 0 Å². The highest BCUT2D eigenvalue weighted by molar-refractivity contribution is 6.21. The molecule has 101 heavy (non-hydrogen) atoms. The maximum absolute atomic E-state index is 15.6. The third-order valence-electron chi connectivity index (χ3n) is 23.5. The second-order valence-electron chi connectivity index (χ2n) is 30.7. The number of rotatable bonds is 12. The molecule has 7 fully saturated rings. The molecule has 4 heterocycles. The van der Waals surface area contributed by atoms with Crippen LogP contribution in [0.5, 0.6) is 0 Å². The van der Waals surface area contributed by atoms with Crippen molar-refractivity contribution in [2.24, 2.45) is 35.5 Å². The first-order valence-electron chi connectivity index (χ1n) is 37.3. The lowest BCUT2D eigenvalue weighted by atomic mass is 9.78. The van der Waals surface area contributed by atoms with Crippen LogP contribution in [0.15, 0.2) is 0 Å². The summed E-state index contributed by atoms with van der Waals surface area (Å²) in [5, 5.41) is 7.61. The van der Waals surface area contributed by atoms with Crippen LogP contribution >= 0.6 is 11.6 Å². The Morgan fingerprint density at radius 1 is 0.614 bits per heavy atom. The summed E-state index contributed by atoms with van der Waals surface area (Å²) in [6.45, 7) is 12.8. The monoisotopic (exact) mass is 1450 g/mol. The van der Waals surface area contributed by atoms with Gasteiger partial charge in [-0.3, -0.25) is 57.5 Å². The summed E-state index contributed by atoms with van der Waals surface area (Å²) in [6, 6.07) is -10.9. The number of nitrogens with one attached hydrogen (secondary N) is 3. The van der Waals surface area contributed by atoms with Gasteiger partial charge in [-0.25, -0.2) is 0 Å². The predicted octanol–water partition coefficient (Wildman–Crippen LogP) is 5.33. The van der Waals surface area contributed by atoms with E-state index in [9.17, 15) is 41.9 Å². The number of hydrogen-bond donors (Lipinski definition) is 3. The molecule has 3 unspecified atom stereocenters. The fraction of sp³-hybridized carbons (Fsp3) is 0.833. The highest BCUT2D eigenvalue weighted by atomic mass is 35.5. The van der Waals surface area contributed by atoms with E-state index >= 15 is 28.8 Å². The molecule has 3 N–H and O–H groups in total. The minimum atomic E-state index is -4.51. The number of amides is 12. The third kappa shape index (κ3) is 19.6. The molecule has 0 aromatic heterocycles. The zero-order valence-electron chi connectivity index (χ0n) is 62.1. The van der Waals surface area contributed by atoms with Gasteiger partial charge in [-0.2, -0.15) is 13.2 Å². The normalized spacial score (nSPS) is 31.1. The van der Waals surface area contributed by atoms with Gasteiger partial charge in [0.05, 0.1) is 32.1 Å². The van der Waals surface area contributed by atoms with Gasteiger partial charge in [-0.05, 0) is 114 Å². The van der Waals surface area contributed by atoms with Gasteiger partial charge in [0.15, 0.2) is 0 Å². The van der Waals surface area contributed by atoms with Crippen molar-refractivity contribution >= 4 is 82.5 Å². The van der Waals surface area contributed by atoms with Crippen molar-refractivity contribution in [2.45, 2.75) is 261 Å². The molecular formula is C72H116ClF3N12O13. The Bertz CT molecular complexity index is 2970. The number of likely N-dealkylation sites (N-methyl/N-ethyl adjacent to an activating group) is 6. The van der Waals surface area contributed by atoms with Crippen LogP contribution < -0.4 is 16.0 Å². The van der Waals surface area contributed by atoms with E-state index in [1.54, 1.807) is 13.8 Å². The lowest BCUT2D eigenvalue weighted by Crippen LogP contribution is -2.65. The van der Waals surface area contributed by atoms with E-state index in [-0.39, 0.29) is 128 Å². The second kappa shape index (κ2) is 35.9. The molecule has 7 rings (SSSR count). The van der Waals surface area contributed by atoms with Crippen molar-refractivity contribution in [1.29, 1.82) is 0 Å². The van der Waals surface area contributed by atoms with Gasteiger partial charge >= 0.3 is 6.18 Å². The average molecular weight is 1450 g/mol. The second-order valence-corrected chi connectivity index (χ2v) is 31.3. The van der Waals surface area contributed by atoms with E-state index in [0.29, 0.717) is 32.1 Å². The van der Waals surface area contributed by atoms with Gasteiger partial charge in [-0.15, -0.1) is 11.6 Å². The van der Waals surface area contributed by atoms with Gasteiger partial charge in [0.1, 0.15) is 59.9 Å². The zero-order valence-corrected chi connectivity index (χ0v) is 62.8. The fourth-order valence-corrected chi connectivity index (χ4v) is 16.8. The summed E-state index contributed by atoms with van der Waals surface area (Å²) in [5.74, 6) is -10.9. The van der Waals surface area contributed by atoms with Crippen molar-refractivity contribution in [3.63, 3.8) is 0 Å². The van der Waals surface area contributed by atoms with Crippen molar-refractivity contribution in [1.82, 2.24) is 60.0 Å². The van der Waals surface area contributed by atoms with Crippen LogP contribution in [0.25, 0.3) is 0 Å². The lowest BCUT2D eigenvalue weighted by Gasteiger charge is -2.45. The Kier molecular flexibility index (Phi) is 29.1. The molecule has 0 aromatic rings. The van der Waals surface area contributed by atoms with Crippen molar-refractivity contribution in [3.05, 3.63) is 0 Å². The Balaban J connectivity index is 1.28. The van der Waals surface area contributed by atoms with E-state index in [1.165, 1.54) is 93.3 Å². The summed E-state index contributed by atoms with van der Waals surface area (Å²) in [7, 11) is 8.64. The predicted molar refractivity (Wildman–Crippen MR) is 371 cm³/mol. The molecule has 0 aromatic carbocycles. The van der Waals surface area contributed by atoms with E-state index in [1.807, 2.05) is 27.7 Å². The van der Waals surface area contributed by atoms with Crippen molar-refractivity contribution < 1.29 is 75.4 Å². The molecule has 0 radical (unpaired) electrons. The number of ether oxygens (including phenoxy) is 1. The molecule has 3 aliphatic carbocycles. The molecule has 570 valence electrons. The third-order valence-corrected chi connectivity index (χ3v) is 24.0. The number of fused-ring (bicyclic) bond motifs is 2. The summed E-state index contributed by atoms with van der Waals surface area (Å²) < 4.78 is 47.7. The summed E-state index contributed by atoms with van der Waals surface area (Å²) in [4.78, 5) is 192. The number of carbonyl (C=O) groups is 12. The minimum absolute atomic E-state index is 0.00287. The van der Waals surface area contributed by atoms with Crippen LogP contribution in [-0.4, -0.2) is 275 Å². The van der Waals surface area contributed by atoms with Gasteiger partial charge in [-0.1, -0.05) is 99.3 Å². The standard InChI is InChI=1S/C72H116ClF3N12O13/c1-14-44(5)59-68(98)81(9)46(7)63(93)88-33-29-53(88)66(96)83(11)55(40-47-22-17-16-18-23-47)65(95)80(8)42-57(89)77-51(28-26-48-25-27-49(50(73)39-48)72(74,75)76)64(94)87-32-21-24-52(87)62(92)79-71(30-19-20-31-71)70(100)85(13)60(45(6)15-2)69(99)84(12)56(67(97)86-34-36-101-37-35-86)41-58(90)82(10)54(38-43(3)4)61(91)78-59/h43-56,59-60H,14-42H2,1-13H3,(H,77,89)(H,78,91)(H,79,92)/t44-,45-,46-,48?,49?,50?,51-,52-,53-,54-,55-,56-,59-,60-/m0/s1. The van der Waals surface area contributed by atoms with E-state index < -0.39 is 173 Å². The van der Waals surface area contributed by atoms with Crippen molar-refractivity contribution in [3.8, 4) is 0 Å². The molecule has 4 saturated heterocycles. The Morgan fingerprint density at radius 2 is 1.25 bits per heavy atom. The number of nitrogens with zero attached hydrogens (tertiary/aromatic N) is 9. The first kappa shape index (κ1) is 82.0. The van der Waals surface area contributed by atoms with Gasteiger partial charge in [0.2, 0.25) is 70.9 Å². The van der Waals surface area contributed by atoms with Crippen LogP contribution in [0.4, 0.5) is 13.2 Å². The summed E-state index contributed by atoms with van der Waals surface area (Å²) >= 11 is 6.41. The van der Waals surface area contributed by atoms with Crippen molar-refractivity contribution in [2.75, 3.05) is 88.2 Å². The largest absolute Gasteiger partial charge is 0.393 e. The summed E-state index contributed by atoms with van der Waals surface area (Å²) in [5.41, 5.74) is -1.58. The number of hydrogen-bond acceptors (Lipinski definition) is 13. The van der Waals surface area contributed by atoms with Crippen LogP contribution in [0, 0.1) is 35.5 Å². The van der Waals surface area contributed by atoms with Crippen LogP contribution in [-0.2, 0) is 62.3 Å². The molecule has 14 atom stereocenters. The Labute approximate surface area is 600 Å².